The summed E-state index contributed by atoms with van der Waals surface area (Å²) >= 11 is 3.39. The highest BCUT2D eigenvalue weighted by Gasteiger charge is 2.23. The maximum absolute atomic E-state index is 12.4. The predicted molar refractivity (Wildman–Crippen MR) is 86.0 cm³/mol. The molecule has 2 aromatic rings. The van der Waals surface area contributed by atoms with Crippen molar-refractivity contribution in [2.45, 2.75) is 38.8 Å². The Bertz CT molecular complexity index is 654. The zero-order valence-corrected chi connectivity index (χ0v) is 14.0. The molecule has 116 valence electrons. The molecule has 0 radical (unpaired) electrons. The van der Waals surface area contributed by atoms with E-state index in [0.717, 1.165) is 29.4 Å². The third-order valence-corrected chi connectivity index (χ3v) is 4.48. The quantitative estimate of drug-likeness (QED) is 0.840. The molecule has 3 rings (SSSR count). The van der Waals surface area contributed by atoms with Crippen LogP contribution in [0, 0.1) is 0 Å². The first-order chi connectivity index (χ1) is 10.6. The molecule has 1 fully saturated rings. The van der Waals surface area contributed by atoms with Crippen molar-refractivity contribution >= 4 is 21.8 Å². The molecule has 0 bridgehead atoms. The molecule has 1 atom stereocenters. The molecule has 0 unspecified atom stereocenters. The van der Waals surface area contributed by atoms with Gasteiger partial charge in [0.25, 0.3) is 0 Å². The van der Waals surface area contributed by atoms with Crippen LogP contribution in [0.5, 0.6) is 0 Å². The van der Waals surface area contributed by atoms with Gasteiger partial charge in [0.2, 0.25) is 11.7 Å². The second-order valence-corrected chi connectivity index (χ2v) is 6.50. The number of nitrogens with zero attached hydrogens (tertiary/aromatic N) is 5. The molecular weight excluding hydrogens is 346 g/mol. The molecule has 1 aliphatic heterocycles. The van der Waals surface area contributed by atoms with Crippen LogP contribution < -0.4 is 0 Å². The van der Waals surface area contributed by atoms with Gasteiger partial charge < -0.3 is 4.90 Å². The highest BCUT2D eigenvalue weighted by molar-refractivity contribution is 9.10. The van der Waals surface area contributed by atoms with E-state index in [9.17, 15) is 4.79 Å². The minimum absolute atomic E-state index is 0.0620. The van der Waals surface area contributed by atoms with E-state index in [4.69, 9.17) is 0 Å². The number of piperidine rings is 1. The van der Waals surface area contributed by atoms with E-state index in [0.29, 0.717) is 11.9 Å². The summed E-state index contributed by atoms with van der Waals surface area (Å²) in [7, 11) is 0. The van der Waals surface area contributed by atoms with E-state index < -0.39 is 0 Å². The van der Waals surface area contributed by atoms with E-state index in [-0.39, 0.29) is 12.5 Å². The van der Waals surface area contributed by atoms with Crippen molar-refractivity contribution in [3.05, 3.63) is 28.7 Å². The van der Waals surface area contributed by atoms with Crippen LogP contribution in [-0.4, -0.2) is 43.6 Å². The molecule has 0 spiro atoms. The summed E-state index contributed by atoms with van der Waals surface area (Å²) in [5, 5.41) is 12.3. The number of carbonyl (C=O) groups excluding carboxylic acids is 1. The van der Waals surface area contributed by atoms with Gasteiger partial charge in [-0.2, -0.15) is 4.80 Å². The van der Waals surface area contributed by atoms with E-state index in [1.54, 1.807) is 0 Å². The lowest BCUT2D eigenvalue weighted by Gasteiger charge is -2.33. The first-order valence-electron chi connectivity index (χ1n) is 7.47. The van der Waals surface area contributed by atoms with Gasteiger partial charge in [-0.05, 0) is 55.7 Å². The number of tetrazole rings is 1. The van der Waals surface area contributed by atoms with Gasteiger partial charge >= 0.3 is 0 Å². The summed E-state index contributed by atoms with van der Waals surface area (Å²) in [6, 6.07) is 7.99. The second kappa shape index (κ2) is 6.56. The number of hydrogen-bond donors (Lipinski definition) is 0. The van der Waals surface area contributed by atoms with Gasteiger partial charge in [-0.15, -0.1) is 10.2 Å². The Labute approximate surface area is 137 Å². The molecule has 0 N–H and O–H groups in total. The van der Waals surface area contributed by atoms with Gasteiger partial charge in [0.05, 0.1) is 0 Å². The molecule has 0 saturated carbocycles. The molecule has 6 nitrogen and oxygen atoms in total. The SMILES string of the molecule is C[C@H]1CCCCN1C(=O)Cn1nnc(-c2ccc(Br)cc2)n1. The Kier molecular flexibility index (Phi) is 4.52. The fourth-order valence-electron chi connectivity index (χ4n) is 2.71. The summed E-state index contributed by atoms with van der Waals surface area (Å²) in [5.74, 6) is 0.596. The van der Waals surface area contributed by atoms with E-state index >= 15 is 0 Å². The van der Waals surface area contributed by atoms with E-state index in [1.165, 1.54) is 11.2 Å². The standard InChI is InChI=1S/C15H18BrN5O/c1-11-4-2-3-9-20(11)14(22)10-21-18-15(17-19-21)12-5-7-13(16)8-6-12/h5-8,11H,2-4,9-10H2,1H3/t11-/m0/s1. The molecule has 1 saturated heterocycles. The molecule has 1 aliphatic rings. The maximum Gasteiger partial charge on any atom is 0.246 e. The molecule has 22 heavy (non-hydrogen) atoms. The number of halogens is 1. The average molecular weight is 364 g/mol. The zero-order chi connectivity index (χ0) is 15.5. The van der Waals surface area contributed by atoms with Crippen LogP contribution in [0.15, 0.2) is 28.7 Å². The molecule has 1 amide bonds. The Hall–Kier alpha value is -1.76. The van der Waals surface area contributed by atoms with Crippen molar-refractivity contribution in [1.29, 1.82) is 0 Å². The third-order valence-electron chi connectivity index (χ3n) is 3.96. The maximum atomic E-state index is 12.4. The number of benzene rings is 1. The normalized spacial score (nSPS) is 18.5. The van der Waals surface area contributed by atoms with Crippen molar-refractivity contribution in [1.82, 2.24) is 25.1 Å². The first-order valence-corrected chi connectivity index (χ1v) is 8.26. The van der Waals surface area contributed by atoms with Crippen molar-refractivity contribution in [3.8, 4) is 11.4 Å². The van der Waals surface area contributed by atoms with Gasteiger partial charge in [0.1, 0.15) is 6.54 Å². The monoisotopic (exact) mass is 363 g/mol. The van der Waals surface area contributed by atoms with Gasteiger partial charge in [-0.25, -0.2) is 0 Å². The summed E-state index contributed by atoms with van der Waals surface area (Å²) in [6.07, 6.45) is 3.34. The second-order valence-electron chi connectivity index (χ2n) is 5.58. The lowest BCUT2D eigenvalue weighted by atomic mass is 10.0. The number of rotatable bonds is 3. The Balaban J connectivity index is 1.68. The number of aromatic nitrogens is 4. The van der Waals surface area contributed by atoms with Crippen LogP contribution >= 0.6 is 15.9 Å². The fraction of sp³-hybridized carbons (Fsp3) is 0.467. The van der Waals surface area contributed by atoms with E-state index in [2.05, 4.69) is 38.3 Å². The van der Waals surface area contributed by atoms with Crippen LogP contribution in [0.2, 0.25) is 0 Å². The highest BCUT2D eigenvalue weighted by Crippen LogP contribution is 2.18. The summed E-state index contributed by atoms with van der Waals surface area (Å²) < 4.78 is 0.998. The Morgan fingerprint density at radius 2 is 2.09 bits per heavy atom. The third kappa shape index (κ3) is 3.35. The summed E-state index contributed by atoms with van der Waals surface area (Å²) in [4.78, 5) is 15.7. The first kappa shape index (κ1) is 15.1. The van der Waals surface area contributed by atoms with Gasteiger partial charge in [-0.3, -0.25) is 4.79 Å². The summed E-state index contributed by atoms with van der Waals surface area (Å²) in [6.45, 7) is 3.07. The van der Waals surface area contributed by atoms with Gasteiger partial charge in [-0.1, -0.05) is 15.9 Å². The molecule has 1 aromatic heterocycles. The van der Waals surface area contributed by atoms with Crippen molar-refractivity contribution in [3.63, 3.8) is 0 Å². The number of amides is 1. The molecular formula is C15H18BrN5O. The van der Waals surface area contributed by atoms with Crippen LogP contribution in [0.3, 0.4) is 0 Å². The van der Waals surface area contributed by atoms with Gasteiger partial charge in [0, 0.05) is 22.6 Å². The Morgan fingerprint density at radius 3 is 2.82 bits per heavy atom. The van der Waals surface area contributed by atoms with Crippen molar-refractivity contribution in [2.24, 2.45) is 0 Å². The predicted octanol–water partition coefficient (Wildman–Crippen LogP) is 2.50. The topological polar surface area (TPSA) is 63.9 Å². The van der Waals surface area contributed by atoms with Crippen molar-refractivity contribution < 1.29 is 4.79 Å². The average Bonchev–Trinajstić information content (AvgIpc) is 2.97. The minimum Gasteiger partial charge on any atom is -0.338 e. The highest BCUT2D eigenvalue weighted by atomic mass is 79.9. The Morgan fingerprint density at radius 1 is 1.32 bits per heavy atom. The smallest absolute Gasteiger partial charge is 0.246 e. The summed E-state index contributed by atoms with van der Waals surface area (Å²) in [5.41, 5.74) is 0.883. The largest absolute Gasteiger partial charge is 0.338 e. The number of likely N-dealkylation sites (tertiary alicyclic amines) is 1. The lowest BCUT2D eigenvalue weighted by molar-refractivity contribution is -0.135. The lowest BCUT2D eigenvalue weighted by Crippen LogP contribution is -2.43. The van der Waals surface area contributed by atoms with Crippen molar-refractivity contribution in [2.75, 3.05) is 6.54 Å². The van der Waals surface area contributed by atoms with E-state index in [1.807, 2.05) is 29.2 Å². The van der Waals surface area contributed by atoms with Crippen LogP contribution in [0.1, 0.15) is 26.2 Å². The van der Waals surface area contributed by atoms with Gasteiger partial charge in [0.15, 0.2) is 0 Å². The molecule has 1 aromatic carbocycles. The number of hydrogen-bond acceptors (Lipinski definition) is 4. The van der Waals surface area contributed by atoms with Crippen LogP contribution in [0.4, 0.5) is 0 Å². The molecule has 0 aliphatic carbocycles. The fourth-order valence-corrected chi connectivity index (χ4v) is 2.97. The minimum atomic E-state index is 0.0620. The number of carbonyl (C=O) groups is 1. The molecule has 2 heterocycles. The zero-order valence-electron chi connectivity index (χ0n) is 12.4. The van der Waals surface area contributed by atoms with Crippen LogP contribution in [0.25, 0.3) is 11.4 Å². The van der Waals surface area contributed by atoms with Crippen LogP contribution in [-0.2, 0) is 11.3 Å². The molecule has 7 heteroatoms.